The van der Waals surface area contributed by atoms with Crippen molar-refractivity contribution in [1.29, 1.82) is 0 Å². The van der Waals surface area contributed by atoms with Crippen molar-refractivity contribution in [3.8, 4) is 11.6 Å². The highest BCUT2D eigenvalue weighted by Gasteiger charge is 2.17. The first-order chi connectivity index (χ1) is 13.8. The van der Waals surface area contributed by atoms with Crippen LogP contribution in [0, 0.1) is 0 Å². The largest absolute Gasteiger partial charge is 0.475 e. The molecule has 142 valence electrons. The molecule has 28 heavy (non-hydrogen) atoms. The molecule has 0 aliphatic carbocycles. The van der Waals surface area contributed by atoms with Crippen molar-refractivity contribution in [3.63, 3.8) is 0 Å². The summed E-state index contributed by atoms with van der Waals surface area (Å²) in [5.41, 5.74) is 9.90. The van der Waals surface area contributed by atoms with Gasteiger partial charge in [-0.2, -0.15) is 5.10 Å². The summed E-state index contributed by atoms with van der Waals surface area (Å²) >= 11 is 0. The van der Waals surface area contributed by atoms with Gasteiger partial charge in [0.25, 0.3) is 0 Å². The van der Waals surface area contributed by atoms with Crippen molar-refractivity contribution in [2.45, 2.75) is 12.5 Å². The molecule has 0 aliphatic heterocycles. The Kier molecular flexibility index (Phi) is 5.27. The first kappa shape index (κ1) is 18.1. The summed E-state index contributed by atoms with van der Waals surface area (Å²) in [4.78, 5) is 8.99. The Morgan fingerprint density at radius 1 is 1.07 bits per heavy atom. The summed E-state index contributed by atoms with van der Waals surface area (Å²) < 4.78 is 7.25. The van der Waals surface area contributed by atoms with Crippen LogP contribution in [0.5, 0.6) is 5.88 Å². The lowest BCUT2D eigenvalue weighted by atomic mass is 10.1. The maximum atomic E-state index is 8.90. The highest BCUT2D eigenvalue weighted by atomic mass is 16.5. The number of fused-ring (bicyclic) bond motifs is 1. The van der Waals surface area contributed by atoms with E-state index >= 15 is 0 Å². The van der Waals surface area contributed by atoms with E-state index < -0.39 is 0 Å². The standard InChI is InChI=1S/C21H21N5O2/c22-17(13-16-6-3-9-20(25-16)28-12-11-27)21-19(8-4-10-23-21)26-18-7-2-1-5-15(18)14-24-26/h1-10,14,17,27H,11-13,22H2/t17-/m0/s1. The van der Waals surface area contributed by atoms with E-state index in [-0.39, 0.29) is 19.3 Å². The van der Waals surface area contributed by atoms with Crippen LogP contribution in [-0.4, -0.2) is 38.1 Å². The summed E-state index contributed by atoms with van der Waals surface area (Å²) in [6.07, 6.45) is 4.07. The molecule has 3 heterocycles. The second kappa shape index (κ2) is 8.16. The number of benzene rings is 1. The van der Waals surface area contributed by atoms with Crippen LogP contribution in [0.25, 0.3) is 16.6 Å². The number of aliphatic hydroxyl groups is 1. The van der Waals surface area contributed by atoms with E-state index in [4.69, 9.17) is 15.6 Å². The molecule has 0 aliphatic rings. The quantitative estimate of drug-likeness (QED) is 0.515. The van der Waals surface area contributed by atoms with Gasteiger partial charge in [0.05, 0.1) is 35.7 Å². The Morgan fingerprint density at radius 2 is 1.96 bits per heavy atom. The molecule has 0 amide bonds. The molecule has 7 heteroatoms. The van der Waals surface area contributed by atoms with Crippen LogP contribution in [-0.2, 0) is 6.42 Å². The Hall–Kier alpha value is -3.29. The van der Waals surface area contributed by atoms with Crippen LogP contribution in [0.15, 0.2) is 67.0 Å². The lowest BCUT2D eigenvalue weighted by molar-refractivity contribution is 0.196. The molecule has 0 fully saturated rings. The van der Waals surface area contributed by atoms with E-state index in [1.807, 2.05) is 59.4 Å². The molecular weight excluding hydrogens is 354 g/mol. The molecule has 1 atom stereocenters. The van der Waals surface area contributed by atoms with E-state index in [9.17, 15) is 0 Å². The van der Waals surface area contributed by atoms with Crippen LogP contribution in [0.2, 0.25) is 0 Å². The predicted octanol–water partition coefficient (Wildman–Crippen LogP) is 2.43. The van der Waals surface area contributed by atoms with E-state index in [1.165, 1.54) is 0 Å². The van der Waals surface area contributed by atoms with Crippen LogP contribution in [0.3, 0.4) is 0 Å². The highest BCUT2D eigenvalue weighted by molar-refractivity contribution is 5.80. The molecule has 0 radical (unpaired) electrons. The van der Waals surface area contributed by atoms with Crippen molar-refractivity contribution in [1.82, 2.24) is 19.7 Å². The van der Waals surface area contributed by atoms with Crippen molar-refractivity contribution in [2.24, 2.45) is 5.73 Å². The van der Waals surface area contributed by atoms with Crippen molar-refractivity contribution in [3.05, 3.63) is 78.4 Å². The van der Waals surface area contributed by atoms with Gasteiger partial charge >= 0.3 is 0 Å². The van der Waals surface area contributed by atoms with Gasteiger partial charge in [-0.15, -0.1) is 0 Å². The Balaban J connectivity index is 1.63. The molecule has 0 unspecified atom stereocenters. The summed E-state index contributed by atoms with van der Waals surface area (Å²) in [5, 5.41) is 14.5. The molecule has 3 aromatic heterocycles. The number of nitrogens with zero attached hydrogens (tertiary/aromatic N) is 4. The smallest absolute Gasteiger partial charge is 0.213 e. The lowest BCUT2D eigenvalue weighted by Gasteiger charge is -2.16. The van der Waals surface area contributed by atoms with Crippen molar-refractivity contribution in [2.75, 3.05) is 13.2 Å². The van der Waals surface area contributed by atoms with Gasteiger partial charge in [0.1, 0.15) is 6.61 Å². The first-order valence-corrected chi connectivity index (χ1v) is 9.09. The highest BCUT2D eigenvalue weighted by Crippen LogP contribution is 2.24. The van der Waals surface area contributed by atoms with Crippen LogP contribution < -0.4 is 10.5 Å². The Labute approximate surface area is 162 Å². The van der Waals surface area contributed by atoms with Gasteiger partial charge < -0.3 is 15.6 Å². The molecule has 0 saturated carbocycles. The van der Waals surface area contributed by atoms with Gasteiger partial charge in [0, 0.05) is 29.8 Å². The number of aliphatic hydroxyl groups excluding tert-OH is 1. The summed E-state index contributed by atoms with van der Waals surface area (Å²) in [6, 6.07) is 17.0. The fraction of sp³-hybridized carbons (Fsp3) is 0.190. The molecule has 0 bridgehead atoms. The average molecular weight is 375 g/mol. The summed E-state index contributed by atoms with van der Waals surface area (Å²) in [6.45, 7) is 0.153. The summed E-state index contributed by atoms with van der Waals surface area (Å²) in [5.74, 6) is 0.470. The van der Waals surface area contributed by atoms with E-state index in [1.54, 1.807) is 12.3 Å². The number of hydrogen-bond donors (Lipinski definition) is 2. The number of aromatic nitrogens is 4. The average Bonchev–Trinajstić information content (AvgIpc) is 3.16. The van der Waals surface area contributed by atoms with Crippen LogP contribution in [0.4, 0.5) is 0 Å². The fourth-order valence-corrected chi connectivity index (χ4v) is 3.16. The van der Waals surface area contributed by atoms with Gasteiger partial charge in [-0.1, -0.05) is 24.3 Å². The minimum Gasteiger partial charge on any atom is -0.475 e. The van der Waals surface area contributed by atoms with Gasteiger partial charge in [-0.25, -0.2) is 9.67 Å². The van der Waals surface area contributed by atoms with Gasteiger partial charge in [0.2, 0.25) is 5.88 Å². The molecular formula is C21H21N5O2. The number of para-hydroxylation sites is 1. The predicted molar refractivity (Wildman–Crippen MR) is 106 cm³/mol. The number of rotatable bonds is 7. The zero-order valence-corrected chi connectivity index (χ0v) is 15.3. The zero-order valence-electron chi connectivity index (χ0n) is 15.3. The molecule has 7 nitrogen and oxygen atoms in total. The number of ether oxygens (including phenoxy) is 1. The minimum atomic E-state index is -0.361. The molecule has 0 spiro atoms. The maximum Gasteiger partial charge on any atom is 0.213 e. The Bertz CT molecular complexity index is 1080. The van der Waals surface area contributed by atoms with Crippen molar-refractivity contribution < 1.29 is 9.84 Å². The lowest BCUT2D eigenvalue weighted by Crippen LogP contribution is -2.18. The fourth-order valence-electron chi connectivity index (χ4n) is 3.16. The normalized spacial score (nSPS) is 12.2. The topological polar surface area (TPSA) is 99.1 Å². The molecule has 1 aromatic carbocycles. The van der Waals surface area contributed by atoms with Crippen LogP contribution in [0.1, 0.15) is 17.4 Å². The third-order valence-electron chi connectivity index (χ3n) is 4.42. The first-order valence-electron chi connectivity index (χ1n) is 9.09. The third-order valence-corrected chi connectivity index (χ3v) is 4.42. The second-order valence-electron chi connectivity index (χ2n) is 6.37. The number of nitrogens with two attached hydrogens (primary N) is 1. The maximum absolute atomic E-state index is 8.90. The SMILES string of the molecule is N[C@@H](Cc1cccc(OCCO)n1)c1ncccc1-n1ncc2ccccc21. The van der Waals surface area contributed by atoms with Crippen molar-refractivity contribution >= 4 is 10.9 Å². The van der Waals surface area contributed by atoms with Gasteiger partial charge in [-0.05, 0) is 24.3 Å². The minimum absolute atomic E-state index is 0.0550. The van der Waals surface area contributed by atoms with E-state index in [0.717, 1.165) is 28.0 Å². The third kappa shape index (κ3) is 3.71. The monoisotopic (exact) mass is 375 g/mol. The number of pyridine rings is 2. The van der Waals surface area contributed by atoms with Gasteiger partial charge in [0.15, 0.2) is 0 Å². The summed E-state index contributed by atoms with van der Waals surface area (Å²) in [7, 11) is 0. The molecule has 4 rings (SSSR count). The van der Waals surface area contributed by atoms with Gasteiger partial charge in [-0.3, -0.25) is 4.98 Å². The Morgan fingerprint density at radius 3 is 2.86 bits per heavy atom. The second-order valence-corrected chi connectivity index (χ2v) is 6.37. The molecule has 3 N–H and O–H groups in total. The molecule has 0 saturated heterocycles. The van der Waals surface area contributed by atoms with E-state index in [0.29, 0.717) is 12.3 Å². The molecule has 4 aromatic rings. The van der Waals surface area contributed by atoms with Crippen LogP contribution >= 0.6 is 0 Å². The number of hydrogen-bond acceptors (Lipinski definition) is 6. The van der Waals surface area contributed by atoms with E-state index in [2.05, 4.69) is 15.1 Å². The zero-order chi connectivity index (χ0) is 19.3.